The average Bonchev–Trinajstić information content (AvgIpc) is 3.47. The van der Waals surface area contributed by atoms with Gasteiger partial charge in [0.05, 0.1) is 37.8 Å². The van der Waals surface area contributed by atoms with E-state index in [0.717, 1.165) is 34.0 Å². The van der Waals surface area contributed by atoms with Crippen LogP contribution in [0.15, 0.2) is 107 Å². The molecule has 0 saturated heterocycles. The van der Waals surface area contributed by atoms with Crippen LogP contribution in [0.25, 0.3) is 5.70 Å². The zero-order valence-electron chi connectivity index (χ0n) is 21.8. The molecule has 37 heavy (non-hydrogen) atoms. The summed E-state index contributed by atoms with van der Waals surface area (Å²) >= 11 is 0. The lowest BCUT2D eigenvalue weighted by atomic mass is 9.93. The first-order chi connectivity index (χ1) is 18.0. The molecule has 0 bridgehead atoms. The SMILES string of the molecule is COc1ccc(C2=C(C)[C@@H](c3ccco3)N[C@H]([C@@H](C)OCc3ccccc3)N2c2ccc(C)cc2)cc1. The fourth-order valence-corrected chi connectivity index (χ4v) is 4.94. The van der Waals surface area contributed by atoms with Crippen LogP contribution in [-0.2, 0) is 11.3 Å². The van der Waals surface area contributed by atoms with Crippen molar-refractivity contribution >= 4 is 11.4 Å². The third kappa shape index (κ3) is 5.33. The van der Waals surface area contributed by atoms with Gasteiger partial charge in [-0.2, -0.15) is 0 Å². The Labute approximate surface area is 219 Å². The van der Waals surface area contributed by atoms with Gasteiger partial charge in [0.1, 0.15) is 17.7 Å². The lowest BCUT2D eigenvalue weighted by Gasteiger charge is -2.46. The summed E-state index contributed by atoms with van der Waals surface area (Å²) in [7, 11) is 1.69. The maximum absolute atomic E-state index is 6.49. The van der Waals surface area contributed by atoms with E-state index in [2.05, 4.69) is 79.5 Å². The maximum atomic E-state index is 6.49. The first-order valence-corrected chi connectivity index (χ1v) is 12.7. The number of ether oxygens (including phenoxy) is 2. The second-order valence-electron chi connectivity index (χ2n) is 9.53. The molecule has 1 aliphatic heterocycles. The highest BCUT2D eigenvalue weighted by Crippen LogP contribution is 2.41. The minimum Gasteiger partial charge on any atom is -0.497 e. The van der Waals surface area contributed by atoms with Gasteiger partial charge < -0.3 is 18.8 Å². The number of rotatable bonds is 8. The molecule has 0 spiro atoms. The highest BCUT2D eigenvalue weighted by molar-refractivity contribution is 5.84. The van der Waals surface area contributed by atoms with E-state index in [1.165, 1.54) is 11.1 Å². The zero-order chi connectivity index (χ0) is 25.8. The van der Waals surface area contributed by atoms with Crippen molar-refractivity contribution in [2.75, 3.05) is 12.0 Å². The summed E-state index contributed by atoms with van der Waals surface area (Å²) in [5, 5.41) is 3.85. The van der Waals surface area contributed by atoms with Crippen molar-refractivity contribution < 1.29 is 13.9 Å². The van der Waals surface area contributed by atoms with E-state index in [-0.39, 0.29) is 18.3 Å². The van der Waals surface area contributed by atoms with Crippen LogP contribution in [0.3, 0.4) is 0 Å². The van der Waals surface area contributed by atoms with Crippen LogP contribution in [-0.4, -0.2) is 19.4 Å². The lowest BCUT2D eigenvalue weighted by Crippen LogP contribution is -2.56. The van der Waals surface area contributed by atoms with E-state index in [1.54, 1.807) is 13.4 Å². The Hall–Kier alpha value is -3.80. The minimum absolute atomic E-state index is 0.0958. The molecule has 0 radical (unpaired) electrons. The second-order valence-corrected chi connectivity index (χ2v) is 9.53. The third-order valence-electron chi connectivity index (χ3n) is 6.97. The molecule has 190 valence electrons. The van der Waals surface area contributed by atoms with Crippen LogP contribution < -0.4 is 15.0 Å². The Balaban J connectivity index is 1.60. The van der Waals surface area contributed by atoms with Crippen LogP contribution in [0, 0.1) is 6.92 Å². The smallest absolute Gasteiger partial charge is 0.125 e. The van der Waals surface area contributed by atoms with Gasteiger partial charge in [-0.1, -0.05) is 48.0 Å². The summed E-state index contributed by atoms with van der Waals surface area (Å²) in [4.78, 5) is 2.37. The quantitative estimate of drug-likeness (QED) is 0.283. The molecule has 5 heteroatoms. The molecule has 3 atom stereocenters. The van der Waals surface area contributed by atoms with Crippen LogP contribution in [0.4, 0.5) is 5.69 Å². The lowest BCUT2D eigenvalue weighted by molar-refractivity contribution is 0.0248. The topological polar surface area (TPSA) is 46.9 Å². The highest BCUT2D eigenvalue weighted by Gasteiger charge is 2.38. The van der Waals surface area contributed by atoms with Crippen LogP contribution in [0.5, 0.6) is 5.75 Å². The molecule has 5 nitrogen and oxygen atoms in total. The van der Waals surface area contributed by atoms with Gasteiger partial charge in [-0.3, -0.25) is 5.32 Å². The van der Waals surface area contributed by atoms with Crippen molar-refractivity contribution in [1.82, 2.24) is 5.32 Å². The van der Waals surface area contributed by atoms with Gasteiger partial charge in [-0.15, -0.1) is 0 Å². The number of furan rings is 1. The van der Waals surface area contributed by atoms with Crippen molar-refractivity contribution in [2.45, 2.75) is 45.7 Å². The van der Waals surface area contributed by atoms with Crippen LogP contribution in [0.1, 0.15) is 42.3 Å². The molecule has 0 fully saturated rings. The summed E-state index contributed by atoms with van der Waals surface area (Å²) in [5.41, 5.74) is 6.88. The van der Waals surface area contributed by atoms with Gasteiger partial charge in [0.15, 0.2) is 0 Å². The third-order valence-corrected chi connectivity index (χ3v) is 6.97. The molecular weight excluding hydrogens is 460 g/mol. The number of benzene rings is 3. The van der Waals surface area contributed by atoms with Crippen LogP contribution in [0.2, 0.25) is 0 Å². The fraction of sp³-hybridized carbons (Fsp3) is 0.250. The summed E-state index contributed by atoms with van der Waals surface area (Å²) in [6.45, 7) is 6.95. The normalized spacial score (nSPS) is 18.6. The zero-order valence-corrected chi connectivity index (χ0v) is 21.8. The molecule has 0 aliphatic carbocycles. The second kappa shape index (κ2) is 11.1. The summed E-state index contributed by atoms with van der Waals surface area (Å²) in [6, 6.07) is 31.1. The van der Waals surface area contributed by atoms with Crippen molar-refractivity contribution in [3.05, 3.63) is 125 Å². The van der Waals surface area contributed by atoms with Gasteiger partial charge in [-0.25, -0.2) is 0 Å². The number of nitrogens with zero attached hydrogens (tertiary/aromatic N) is 1. The van der Waals surface area contributed by atoms with Gasteiger partial charge in [0, 0.05) is 5.69 Å². The van der Waals surface area contributed by atoms with Crippen molar-refractivity contribution in [1.29, 1.82) is 0 Å². The van der Waals surface area contributed by atoms with E-state index < -0.39 is 0 Å². The fourth-order valence-electron chi connectivity index (χ4n) is 4.94. The predicted octanol–water partition coefficient (Wildman–Crippen LogP) is 7.11. The molecule has 2 heterocycles. The molecule has 5 rings (SSSR count). The molecule has 1 N–H and O–H groups in total. The van der Waals surface area contributed by atoms with Gasteiger partial charge in [0.25, 0.3) is 0 Å². The number of aryl methyl sites for hydroxylation is 1. The molecular formula is C32H34N2O3. The number of hydrogen-bond donors (Lipinski definition) is 1. The number of nitrogens with one attached hydrogen (secondary N) is 1. The number of anilines is 1. The number of hydrogen-bond acceptors (Lipinski definition) is 5. The molecule has 1 aromatic heterocycles. The predicted molar refractivity (Wildman–Crippen MR) is 148 cm³/mol. The first kappa shape index (κ1) is 24.9. The van der Waals surface area contributed by atoms with Gasteiger partial charge >= 0.3 is 0 Å². The Kier molecular flexibility index (Phi) is 7.45. The van der Waals surface area contributed by atoms with E-state index in [1.807, 2.05) is 42.5 Å². The van der Waals surface area contributed by atoms with E-state index in [0.29, 0.717) is 6.61 Å². The van der Waals surface area contributed by atoms with Gasteiger partial charge in [-0.05, 0) is 86.0 Å². The molecule has 0 amide bonds. The summed E-state index contributed by atoms with van der Waals surface area (Å²) < 4.78 is 17.8. The summed E-state index contributed by atoms with van der Waals surface area (Å²) in [6.07, 6.45) is 1.44. The molecule has 3 aromatic carbocycles. The molecule has 4 aromatic rings. The molecule has 0 unspecified atom stereocenters. The Bertz CT molecular complexity index is 1310. The standard InChI is InChI=1S/C32H34N2O3/c1-22-12-16-27(17-13-22)34-31(26-14-18-28(35-4)19-15-26)23(2)30(29-11-8-20-36-29)33-32(34)24(3)37-21-25-9-6-5-7-10-25/h5-20,24,30,32-33H,21H2,1-4H3/t24-,30+,32+/m1/s1. The average molecular weight is 495 g/mol. The highest BCUT2D eigenvalue weighted by atomic mass is 16.5. The Morgan fingerprint density at radius 3 is 2.27 bits per heavy atom. The largest absolute Gasteiger partial charge is 0.497 e. The maximum Gasteiger partial charge on any atom is 0.125 e. The van der Waals surface area contributed by atoms with Crippen LogP contribution >= 0.6 is 0 Å². The van der Waals surface area contributed by atoms with Crippen molar-refractivity contribution in [2.24, 2.45) is 0 Å². The Morgan fingerprint density at radius 1 is 0.892 bits per heavy atom. The summed E-state index contributed by atoms with van der Waals surface area (Å²) in [5.74, 6) is 1.71. The number of methoxy groups -OCH3 is 1. The molecule has 0 saturated carbocycles. The molecule has 1 aliphatic rings. The van der Waals surface area contributed by atoms with E-state index in [9.17, 15) is 0 Å². The Morgan fingerprint density at radius 2 is 1.62 bits per heavy atom. The monoisotopic (exact) mass is 494 g/mol. The van der Waals surface area contributed by atoms with E-state index >= 15 is 0 Å². The van der Waals surface area contributed by atoms with E-state index in [4.69, 9.17) is 13.9 Å². The van der Waals surface area contributed by atoms with Crippen molar-refractivity contribution in [3.63, 3.8) is 0 Å². The first-order valence-electron chi connectivity index (χ1n) is 12.7. The minimum atomic E-state index is -0.151. The van der Waals surface area contributed by atoms with Crippen molar-refractivity contribution in [3.8, 4) is 5.75 Å². The van der Waals surface area contributed by atoms with Gasteiger partial charge in [0.2, 0.25) is 0 Å².